The van der Waals surface area contributed by atoms with Crippen molar-refractivity contribution in [2.45, 2.75) is 10.6 Å². The van der Waals surface area contributed by atoms with Gasteiger partial charge in [0.05, 0.1) is 19.1 Å². The van der Waals surface area contributed by atoms with Crippen LogP contribution in [0.4, 0.5) is 10.1 Å². The predicted molar refractivity (Wildman–Crippen MR) is 72.5 cm³/mol. The topological polar surface area (TPSA) is 82.3 Å². The number of aromatic nitrogens is 1. The largest absolute Gasteiger partial charge is 0.495 e. The van der Waals surface area contributed by atoms with Crippen LogP contribution < -0.4 is 10.5 Å². The van der Waals surface area contributed by atoms with E-state index in [-0.39, 0.29) is 22.0 Å². The van der Waals surface area contributed by atoms with Crippen molar-refractivity contribution >= 4 is 15.5 Å². The summed E-state index contributed by atoms with van der Waals surface area (Å²) in [5.41, 5.74) is 6.25. The number of anilines is 1. The van der Waals surface area contributed by atoms with Crippen molar-refractivity contribution in [3.63, 3.8) is 0 Å². The minimum Gasteiger partial charge on any atom is -0.495 e. The second kappa shape index (κ2) is 5.46. The molecule has 2 aromatic rings. The Hall–Kier alpha value is -2.15. The maximum absolute atomic E-state index is 13.0. The highest BCUT2D eigenvalue weighted by molar-refractivity contribution is 7.90. The predicted octanol–water partition coefficient (Wildman–Crippen LogP) is 1.79. The van der Waals surface area contributed by atoms with E-state index >= 15 is 0 Å². The van der Waals surface area contributed by atoms with E-state index in [2.05, 4.69) is 4.98 Å². The number of pyridine rings is 1. The monoisotopic (exact) mass is 296 g/mol. The Morgan fingerprint density at radius 2 is 2.05 bits per heavy atom. The molecule has 0 aliphatic carbocycles. The summed E-state index contributed by atoms with van der Waals surface area (Å²) < 4.78 is 42.7. The van der Waals surface area contributed by atoms with Gasteiger partial charge in [-0.15, -0.1) is 0 Å². The van der Waals surface area contributed by atoms with E-state index in [1.54, 1.807) is 0 Å². The van der Waals surface area contributed by atoms with Crippen LogP contribution >= 0.6 is 0 Å². The Balaban J connectivity index is 2.40. The van der Waals surface area contributed by atoms with Crippen molar-refractivity contribution in [3.8, 4) is 5.75 Å². The highest BCUT2D eigenvalue weighted by Gasteiger charge is 2.20. The van der Waals surface area contributed by atoms with Gasteiger partial charge < -0.3 is 10.5 Å². The fraction of sp³-hybridized carbons (Fsp3) is 0.154. The maximum atomic E-state index is 13.0. The first-order chi connectivity index (χ1) is 9.42. The summed E-state index contributed by atoms with van der Waals surface area (Å²) in [5, 5.41) is 0. The molecule has 0 amide bonds. The number of nitrogens with zero attached hydrogens (tertiary/aromatic N) is 1. The molecule has 106 valence electrons. The molecule has 1 aromatic heterocycles. The molecule has 0 radical (unpaired) electrons. The van der Waals surface area contributed by atoms with Gasteiger partial charge in [0.2, 0.25) is 0 Å². The molecule has 0 spiro atoms. The molecule has 1 heterocycles. The van der Waals surface area contributed by atoms with Crippen molar-refractivity contribution in [1.29, 1.82) is 0 Å². The van der Waals surface area contributed by atoms with Gasteiger partial charge in [-0.1, -0.05) is 0 Å². The normalized spacial score (nSPS) is 11.3. The molecule has 5 nitrogen and oxygen atoms in total. The number of nitrogen functional groups attached to an aromatic ring is 1. The molecular weight excluding hydrogens is 283 g/mol. The number of ether oxygens (including phenoxy) is 1. The standard InChI is InChI=1S/C13H13FN2O3S/c1-19-12-5-11(15)2-3-13(12)20(17,18)8-9-4-10(14)7-16-6-9/h2-7H,8,15H2,1H3. The van der Waals surface area contributed by atoms with E-state index in [1.807, 2.05) is 0 Å². The van der Waals surface area contributed by atoms with Gasteiger partial charge in [-0.25, -0.2) is 12.8 Å². The van der Waals surface area contributed by atoms with Gasteiger partial charge in [0.1, 0.15) is 16.5 Å². The number of halogens is 1. The summed E-state index contributed by atoms with van der Waals surface area (Å²) in [4.78, 5) is 3.64. The highest BCUT2D eigenvalue weighted by atomic mass is 32.2. The Morgan fingerprint density at radius 1 is 1.30 bits per heavy atom. The van der Waals surface area contributed by atoms with E-state index in [0.29, 0.717) is 5.69 Å². The summed E-state index contributed by atoms with van der Waals surface area (Å²) in [7, 11) is -2.32. The second-order valence-electron chi connectivity index (χ2n) is 4.18. The van der Waals surface area contributed by atoms with Gasteiger partial charge in [0.25, 0.3) is 0 Å². The molecule has 20 heavy (non-hydrogen) atoms. The lowest BCUT2D eigenvalue weighted by Crippen LogP contribution is -2.08. The van der Waals surface area contributed by atoms with E-state index in [4.69, 9.17) is 10.5 Å². The zero-order valence-corrected chi connectivity index (χ0v) is 11.5. The first kappa shape index (κ1) is 14.3. The second-order valence-corrected chi connectivity index (χ2v) is 6.14. The number of hydrogen-bond acceptors (Lipinski definition) is 5. The van der Waals surface area contributed by atoms with Crippen LogP contribution in [0.15, 0.2) is 41.6 Å². The SMILES string of the molecule is COc1cc(N)ccc1S(=O)(=O)Cc1cncc(F)c1. The van der Waals surface area contributed by atoms with E-state index in [0.717, 1.165) is 12.3 Å². The van der Waals surface area contributed by atoms with Crippen LogP contribution in [0.5, 0.6) is 5.75 Å². The van der Waals surface area contributed by atoms with Gasteiger partial charge in [-0.3, -0.25) is 4.98 Å². The fourth-order valence-electron chi connectivity index (χ4n) is 1.77. The summed E-state index contributed by atoms with van der Waals surface area (Å²) in [5.74, 6) is -0.783. The van der Waals surface area contributed by atoms with Crippen molar-refractivity contribution in [2.24, 2.45) is 0 Å². The lowest BCUT2D eigenvalue weighted by atomic mass is 10.3. The van der Waals surface area contributed by atoms with Crippen LogP contribution in [0.1, 0.15) is 5.56 Å². The van der Waals surface area contributed by atoms with Crippen molar-refractivity contribution in [1.82, 2.24) is 4.98 Å². The minimum absolute atomic E-state index is 0.0125. The Bertz CT molecular complexity index is 732. The van der Waals surface area contributed by atoms with Gasteiger partial charge in [0.15, 0.2) is 9.84 Å². The first-order valence-corrected chi connectivity index (χ1v) is 7.33. The van der Waals surface area contributed by atoms with Gasteiger partial charge >= 0.3 is 0 Å². The summed E-state index contributed by atoms with van der Waals surface area (Å²) in [6.45, 7) is 0. The van der Waals surface area contributed by atoms with E-state index in [1.165, 1.54) is 31.5 Å². The first-order valence-electron chi connectivity index (χ1n) is 5.68. The quantitative estimate of drug-likeness (QED) is 0.870. The molecule has 0 unspecified atom stereocenters. The molecule has 0 saturated heterocycles. The maximum Gasteiger partial charge on any atom is 0.186 e. The molecular formula is C13H13FN2O3S. The van der Waals surface area contributed by atoms with Crippen molar-refractivity contribution in [2.75, 3.05) is 12.8 Å². The molecule has 0 aliphatic rings. The number of hydrogen-bond donors (Lipinski definition) is 1. The molecule has 0 bridgehead atoms. The average molecular weight is 296 g/mol. The molecule has 2 rings (SSSR count). The molecule has 2 N–H and O–H groups in total. The molecule has 0 atom stereocenters. The summed E-state index contributed by atoms with van der Waals surface area (Å²) in [6, 6.07) is 5.40. The third-order valence-corrected chi connectivity index (χ3v) is 4.36. The summed E-state index contributed by atoms with van der Waals surface area (Å²) in [6.07, 6.45) is 2.32. The Morgan fingerprint density at radius 3 is 2.70 bits per heavy atom. The van der Waals surface area contributed by atoms with Gasteiger partial charge in [0, 0.05) is 18.0 Å². The number of methoxy groups -OCH3 is 1. The number of benzene rings is 1. The number of rotatable bonds is 4. The molecule has 0 saturated carbocycles. The van der Waals surface area contributed by atoms with Crippen LogP contribution in [0.3, 0.4) is 0 Å². The zero-order chi connectivity index (χ0) is 14.8. The third kappa shape index (κ3) is 3.05. The lowest BCUT2D eigenvalue weighted by molar-refractivity contribution is 0.403. The Labute approximate surface area is 116 Å². The third-order valence-electron chi connectivity index (χ3n) is 2.64. The van der Waals surface area contributed by atoms with Gasteiger partial charge in [-0.05, 0) is 23.8 Å². The zero-order valence-electron chi connectivity index (χ0n) is 10.7. The lowest BCUT2D eigenvalue weighted by Gasteiger charge is -2.10. The molecule has 1 aromatic carbocycles. The average Bonchev–Trinajstić information content (AvgIpc) is 2.37. The molecule has 0 aliphatic heterocycles. The van der Waals surface area contributed by atoms with E-state index in [9.17, 15) is 12.8 Å². The molecule has 7 heteroatoms. The number of nitrogens with two attached hydrogens (primary N) is 1. The fourth-order valence-corrected chi connectivity index (χ4v) is 3.25. The Kier molecular flexibility index (Phi) is 3.89. The van der Waals surface area contributed by atoms with Crippen LogP contribution in [0, 0.1) is 5.82 Å². The summed E-state index contributed by atoms with van der Waals surface area (Å²) >= 11 is 0. The van der Waals surface area contributed by atoms with Gasteiger partial charge in [-0.2, -0.15) is 0 Å². The van der Waals surface area contributed by atoms with Crippen molar-refractivity contribution in [3.05, 3.63) is 48.0 Å². The van der Waals surface area contributed by atoms with Crippen LogP contribution in [0.2, 0.25) is 0 Å². The van der Waals surface area contributed by atoms with Crippen LogP contribution in [-0.4, -0.2) is 20.5 Å². The minimum atomic E-state index is -3.68. The smallest absolute Gasteiger partial charge is 0.186 e. The highest BCUT2D eigenvalue weighted by Crippen LogP contribution is 2.28. The molecule has 0 fully saturated rings. The number of sulfone groups is 1. The van der Waals surface area contributed by atoms with Crippen LogP contribution in [0.25, 0.3) is 0 Å². The van der Waals surface area contributed by atoms with E-state index < -0.39 is 15.7 Å². The van der Waals surface area contributed by atoms with Crippen LogP contribution in [-0.2, 0) is 15.6 Å². The van der Waals surface area contributed by atoms with Crippen molar-refractivity contribution < 1.29 is 17.5 Å².